The molecule has 0 aliphatic rings. The average Bonchev–Trinajstić information content (AvgIpc) is 2.52. The van der Waals surface area contributed by atoms with E-state index in [1.807, 2.05) is 0 Å². The Balaban J connectivity index is 2.21. The molecular formula is C24H28. The normalized spacial score (nSPS) is 12.6. The maximum atomic E-state index is 2.37. The molecule has 0 heterocycles. The van der Waals surface area contributed by atoms with Gasteiger partial charge in [0.1, 0.15) is 0 Å². The molecule has 0 saturated carbocycles. The highest BCUT2D eigenvalue weighted by molar-refractivity contribution is 5.97. The summed E-state index contributed by atoms with van der Waals surface area (Å²) in [5.74, 6) is 0. The van der Waals surface area contributed by atoms with Gasteiger partial charge in [-0.25, -0.2) is 0 Å². The van der Waals surface area contributed by atoms with E-state index in [9.17, 15) is 0 Å². The summed E-state index contributed by atoms with van der Waals surface area (Å²) in [6, 6.07) is 22.5. The van der Waals surface area contributed by atoms with Gasteiger partial charge in [0.15, 0.2) is 0 Å². The van der Waals surface area contributed by atoms with Crippen molar-refractivity contribution in [1.29, 1.82) is 0 Å². The Labute approximate surface area is 146 Å². The minimum Gasteiger partial charge on any atom is -0.0616 e. The topological polar surface area (TPSA) is 0 Å². The molecule has 0 unspecified atom stereocenters. The molecular weight excluding hydrogens is 288 g/mol. The molecule has 0 aromatic heterocycles. The monoisotopic (exact) mass is 316 g/mol. The van der Waals surface area contributed by atoms with Crippen LogP contribution in [0.4, 0.5) is 0 Å². The lowest BCUT2D eigenvalue weighted by Gasteiger charge is -2.22. The Bertz CT molecular complexity index is 853. The molecule has 3 rings (SSSR count). The molecule has 0 atom stereocenters. The number of fused-ring (bicyclic) bond motifs is 1. The lowest BCUT2D eigenvalue weighted by atomic mass is 9.82. The minimum absolute atomic E-state index is 0.143. The zero-order chi connectivity index (χ0) is 17.5. The molecule has 0 aliphatic carbocycles. The van der Waals surface area contributed by atoms with E-state index in [2.05, 4.69) is 102 Å². The summed E-state index contributed by atoms with van der Waals surface area (Å²) in [5, 5.41) is 2.65. The van der Waals surface area contributed by atoms with Gasteiger partial charge in [-0.2, -0.15) is 0 Å². The third-order valence-electron chi connectivity index (χ3n) is 4.79. The van der Waals surface area contributed by atoms with Gasteiger partial charge in [0.2, 0.25) is 0 Å². The van der Waals surface area contributed by atoms with Crippen LogP contribution in [0.15, 0.2) is 60.7 Å². The smallest absolute Gasteiger partial charge is 0.0102 e. The second-order valence-electron chi connectivity index (χ2n) is 8.82. The van der Waals surface area contributed by atoms with Crippen LogP contribution in [-0.2, 0) is 10.8 Å². The van der Waals surface area contributed by atoms with Crippen molar-refractivity contribution in [2.45, 2.75) is 52.4 Å². The van der Waals surface area contributed by atoms with E-state index in [4.69, 9.17) is 0 Å². The first-order valence-corrected chi connectivity index (χ1v) is 8.80. The molecule has 0 spiro atoms. The largest absolute Gasteiger partial charge is 0.0616 e. The second kappa shape index (κ2) is 5.77. The van der Waals surface area contributed by atoms with Crippen LogP contribution in [0, 0.1) is 0 Å². The predicted molar refractivity (Wildman–Crippen MR) is 107 cm³/mol. The Hall–Kier alpha value is -2.08. The van der Waals surface area contributed by atoms with Gasteiger partial charge < -0.3 is 0 Å². The van der Waals surface area contributed by atoms with Crippen LogP contribution in [0.5, 0.6) is 0 Å². The maximum absolute atomic E-state index is 2.37. The van der Waals surface area contributed by atoms with E-state index >= 15 is 0 Å². The van der Waals surface area contributed by atoms with Gasteiger partial charge in [-0.15, -0.1) is 0 Å². The summed E-state index contributed by atoms with van der Waals surface area (Å²) >= 11 is 0. The molecule has 24 heavy (non-hydrogen) atoms. The Morgan fingerprint density at radius 1 is 0.583 bits per heavy atom. The van der Waals surface area contributed by atoms with E-state index in [1.165, 1.54) is 33.0 Å². The lowest BCUT2D eigenvalue weighted by Crippen LogP contribution is -2.11. The number of rotatable bonds is 1. The van der Waals surface area contributed by atoms with Gasteiger partial charge in [0.25, 0.3) is 0 Å². The molecule has 3 aromatic rings. The molecule has 0 radical (unpaired) electrons. The molecule has 0 fully saturated rings. The average molecular weight is 316 g/mol. The number of hydrogen-bond acceptors (Lipinski definition) is 0. The van der Waals surface area contributed by atoms with Crippen molar-refractivity contribution in [3.05, 3.63) is 71.8 Å². The van der Waals surface area contributed by atoms with Gasteiger partial charge in [-0.05, 0) is 49.9 Å². The van der Waals surface area contributed by atoms with E-state index in [1.54, 1.807) is 0 Å². The number of benzene rings is 3. The summed E-state index contributed by atoms with van der Waals surface area (Å²) in [6.07, 6.45) is 0. The first-order chi connectivity index (χ1) is 11.2. The van der Waals surface area contributed by atoms with Crippen molar-refractivity contribution in [2.24, 2.45) is 0 Å². The maximum Gasteiger partial charge on any atom is -0.0102 e. The van der Waals surface area contributed by atoms with Gasteiger partial charge in [0.05, 0.1) is 0 Å². The summed E-state index contributed by atoms with van der Waals surface area (Å²) in [7, 11) is 0. The van der Waals surface area contributed by atoms with Crippen molar-refractivity contribution < 1.29 is 0 Å². The third-order valence-corrected chi connectivity index (χ3v) is 4.79. The van der Waals surface area contributed by atoms with Crippen molar-refractivity contribution in [2.75, 3.05) is 0 Å². The molecule has 3 aromatic carbocycles. The predicted octanol–water partition coefficient (Wildman–Crippen LogP) is 7.10. The lowest BCUT2D eigenvalue weighted by molar-refractivity contribution is 0.590. The standard InChI is InChI=1S/C24H28/c1-23(2,3)19-13-11-17(12-14-19)22-16-20(24(4,5)6)15-18-9-7-8-10-21(18)22/h7-16H,1-6H3. The number of hydrogen-bond donors (Lipinski definition) is 0. The van der Waals surface area contributed by atoms with Crippen LogP contribution in [0.2, 0.25) is 0 Å². The zero-order valence-corrected chi connectivity index (χ0v) is 15.8. The van der Waals surface area contributed by atoms with E-state index in [0.29, 0.717) is 0 Å². The van der Waals surface area contributed by atoms with Crippen molar-refractivity contribution in [3.63, 3.8) is 0 Å². The molecule has 0 saturated heterocycles. The summed E-state index contributed by atoms with van der Waals surface area (Å²) < 4.78 is 0. The van der Waals surface area contributed by atoms with Crippen LogP contribution in [0.3, 0.4) is 0 Å². The van der Waals surface area contributed by atoms with Crippen molar-refractivity contribution in [1.82, 2.24) is 0 Å². The highest BCUT2D eigenvalue weighted by atomic mass is 14.2. The quantitative estimate of drug-likeness (QED) is 0.449. The molecule has 0 nitrogen and oxygen atoms in total. The first kappa shape index (κ1) is 16.8. The van der Waals surface area contributed by atoms with Crippen LogP contribution in [-0.4, -0.2) is 0 Å². The Kier molecular flexibility index (Phi) is 4.03. The first-order valence-electron chi connectivity index (χ1n) is 8.80. The fourth-order valence-electron chi connectivity index (χ4n) is 3.13. The SMILES string of the molecule is CC(C)(C)c1ccc(-c2cc(C(C)(C)C)cc3ccccc23)cc1. The fraction of sp³-hybridized carbons (Fsp3) is 0.333. The summed E-state index contributed by atoms with van der Waals surface area (Å²) in [6.45, 7) is 13.6. The van der Waals surface area contributed by atoms with Crippen molar-refractivity contribution in [3.8, 4) is 11.1 Å². The van der Waals surface area contributed by atoms with Gasteiger partial charge in [-0.1, -0.05) is 96.1 Å². The van der Waals surface area contributed by atoms with Gasteiger partial charge in [0, 0.05) is 0 Å². The molecule has 124 valence electrons. The van der Waals surface area contributed by atoms with Crippen LogP contribution in [0.1, 0.15) is 52.7 Å². The zero-order valence-electron chi connectivity index (χ0n) is 15.8. The Morgan fingerprint density at radius 2 is 1.17 bits per heavy atom. The highest BCUT2D eigenvalue weighted by Gasteiger charge is 2.17. The molecule has 0 aliphatic heterocycles. The molecule has 0 heteroatoms. The van der Waals surface area contributed by atoms with Crippen LogP contribution in [0.25, 0.3) is 21.9 Å². The second-order valence-corrected chi connectivity index (χ2v) is 8.82. The fourth-order valence-corrected chi connectivity index (χ4v) is 3.13. The Morgan fingerprint density at radius 3 is 1.75 bits per heavy atom. The highest BCUT2D eigenvalue weighted by Crippen LogP contribution is 2.35. The van der Waals surface area contributed by atoms with E-state index < -0.39 is 0 Å². The minimum atomic E-state index is 0.143. The third kappa shape index (κ3) is 3.24. The van der Waals surface area contributed by atoms with Crippen LogP contribution >= 0.6 is 0 Å². The summed E-state index contributed by atoms with van der Waals surface area (Å²) in [4.78, 5) is 0. The molecule has 0 amide bonds. The van der Waals surface area contributed by atoms with E-state index in [-0.39, 0.29) is 10.8 Å². The van der Waals surface area contributed by atoms with Crippen molar-refractivity contribution >= 4 is 10.8 Å². The van der Waals surface area contributed by atoms with Gasteiger partial charge >= 0.3 is 0 Å². The summed E-state index contributed by atoms with van der Waals surface area (Å²) in [5.41, 5.74) is 5.72. The van der Waals surface area contributed by atoms with Gasteiger partial charge in [-0.3, -0.25) is 0 Å². The molecule has 0 N–H and O–H groups in total. The van der Waals surface area contributed by atoms with Crippen LogP contribution < -0.4 is 0 Å². The molecule has 0 bridgehead atoms. The van der Waals surface area contributed by atoms with E-state index in [0.717, 1.165) is 0 Å².